The predicted molar refractivity (Wildman–Crippen MR) is 214 cm³/mol. The standard InChI is InChI=1S/C46H40N6O.Pt/c1-7-31-13-11-16-40-41-17-12-14-32(8-2)46(41)50(45(31)40)34-21-22-47-44(26-34)51-42-18-10-9-15-38(42)39-20-19-36(27-43(39)51)53-37-24-33(28(3)4)23-35(25-37)52-30(6)29(5)48-49-52;/h9-24,26,28H,7-8H2,1-6H3;/q-2;+2/i7D2,8D2,28D;. The molecule has 0 bridgehead atoms. The van der Waals surface area contributed by atoms with E-state index in [1.54, 1.807) is 36.9 Å². The zero-order valence-corrected chi connectivity index (χ0v) is 33.0. The first kappa shape index (κ1) is 29.9. The van der Waals surface area contributed by atoms with Crippen LogP contribution in [0.25, 0.3) is 60.8 Å². The third kappa shape index (κ3) is 5.73. The second-order valence-electron chi connectivity index (χ2n) is 13.4. The van der Waals surface area contributed by atoms with Crippen LogP contribution in [0.1, 0.15) is 68.5 Å². The summed E-state index contributed by atoms with van der Waals surface area (Å²) in [6.45, 7) is 10.6. The first-order valence-electron chi connectivity index (χ1n) is 20.1. The summed E-state index contributed by atoms with van der Waals surface area (Å²) in [5, 5.41) is 12.2. The molecule has 0 aliphatic heterocycles. The average molecular weight is 893 g/mol. The first-order valence-corrected chi connectivity index (χ1v) is 17.6. The maximum atomic E-state index is 8.84. The molecule has 0 saturated heterocycles. The molecule has 0 spiro atoms. The second-order valence-corrected chi connectivity index (χ2v) is 13.4. The molecule has 8 heteroatoms. The maximum absolute atomic E-state index is 8.84. The predicted octanol–water partition coefficient (Wildman–Crippen LogP) is 11.1. The Kier molecular flexibility index (Phi) is 7.77. The number of pyridine rings is 1. The number of ether oxygens (including phenoxy) is 1. The molecule has 4 heterocycles. The van der Waals surface area contributed by atoms with E-state index >= 15 is 0 Å². The van der Waals surface area contributed by atoms with Crippen LogP contribution in [0.2, 0.25) is 0 Å². The van der Waals surface area contributed by atoms with Crippen molar-refractivity contribution in [1.82, 2.24) is 29.1 Å². The van der Waals surface area contributed by atoms with Gasteiger partial charge in [-0.05, 0) is 66.8 Å². The minimum atomic E-state index is -1.69. The summed E-state index contributed by atoms with van der Waals surface area (Å²) >= 11 is 0. The van der Waals surface area contributed by atoms with Gasteiger partial charge in [-0.3, -0.25) is 0 Å². The zero-order chi connectivity index (χ0) is 40.9. The monoisotopic (exact) mass is 892 g/mol. The molecule has 9 aromatic rings. The van der Waals surface area contributed by atoms with E-state index in [4.69, 9.17) is 16.6 Å². The molecular weight excluding hydrogens is 848 g/mol. The van der Waals surface area contributed by atoms with Crippen LogP contribution in [-0.2, 0) is 33.8 Å². The quantitative estimate of drug-likeness (QED) is 0.143. The van der Waals surface area contributed by atoms with Crippen LogP contribution in [0.3, 0.4) is 0 Å². The number of benzene rings is 5. The SMILES string of the molecule is [2H]C([2H])(C)c1cccc2c3cccc(C([2H])([2H])C)c3n(-c3ccnc(-n4c5[c-]c(Oc6[c-]c(-n7nnc(C)c7C)cc(C([2H])(C)C)c6)ccc5c5ccccc54)c3)c12.[Pt+2]. The van der Waals surface area contributed by atoms with Gasteiger partial charge in [0.05, 0.1) is 28.1 Å². The summed E-state index contributed by atoms with van der Waals surface area (Å²) in [6.07, 6.45) is -1.65. The average Bonchev–Trinajstić information content (AvgIpc) is 3.81. The molecule has 0 amide bonds. The molecule has 0 unspecified atom stereocenters. The number of fused-ring (bicyclic) bond motifs is 6. The van der Waals surface area contributed by atoms with Gasteiger partial charge >= 0.3 is 21.1 Å². The molecule has 0 aliphatic rings. The first-order chi connectivity index (χ1) is 27.5. The Morgan fingerprint density at radius 1 is 0.759 bits per heavy atom. The van der Waals surface area contributed by atoms with Gasteiger partial charge in [-0.25, -0.2) is 9.67 Å². The topological polar surface area (TPSA) is 62.7 Å². The van der Waals surface area contributed by atoms with Gasteiger partial charge in [-0.1, -0.05) is 93.0 Å². The molecule has 0 saturated carbocycles. The molecule has 7 nitrogen and oxygen atoms in total. The third-order valence-electron chi connectivity index (χ3n) is 10.1. The van der Waals surface area contributed by atoms with Crippen LogP contribution in [0, 0.1) is 26.0 Å². The largest absolute Gasteiger partial charge is 2.00 e. The molecule has 0 fully saturated rings. The van der Waals surface area contributed by atoms with E-state index in [2.05, 4.69) is 28.5 Å². The summed E-state index contributed by atoms with van der Waals surface area (Å²) in [6, 6.07) is 37.6. The molecule has 0 atom stereocenters. The molecule has 270 valence electrons. The van der Waals surface area contributed by atoms with Crippen LogP contribution in [0.4, 0.5) is 0 Å². The van der Waals surface area contributed by atoms with E-state index in [9.17, 15) is 0 Å². The van der Waals surface area contributed by atoms with Gasteiger partial charge in [0.2, 0.25) is 0 Å². The normalized spacial score (nSPS) is 13.8. The summed E-state index contributed by atoms with van der Waals surface area (Å²) < 4.78 is 56.4. The molecule has 0 radical (unpaired) electrons. The van der Waals surface area contributed by atoms with Crippen molar-refractivity contribution in [2.24, 2.45) is 0 Å². The van der Waals surface area contributed by atoms with Crippen molar-refractivity contribution >= 4 is 43.6 Å². The fraction of sp³-hybridized carbons (Fsp3) is 0.196. The summed E-state index contributed by atoms with van der Waals surface area (Å²) in [7, 11) is 0. The number of nitrogens with zero attached hydrogens (tertiary/aromatic N) is 6. The van der Waals surface area contributed by atoms with Crippen molar-refractivity contribution in [2.75, 3.05) is 0 Å². The third-order valence-corrected chi connectivity index (χ3v) is 10.1. The van der Waals surface area contributed by atoms with Crippen LogP contribution < -0.4 is 4.74 Å². The Bertz CT molecular complexity index is 3020. The number of para-hydroxylation sites is 3. The van der Waals surface area contributed by atoms with Gasteiger partial charge in [0.1, 0.15) is 5.82 Å². The van der Waals surface area contributed by atoms with Crippen LogP contribution in [0.5, 0.6) is 11.5 Å². The van der Waals surface area contributed by atoms with Crippen LogP contribution >= 0.6 is 0 Å². The van der Waals surface area contributed by atoms with Crippen molar-refractivity contribution in [1.29, 1.82) is 0 Å². The number of rotatable bonds is 8. The van der Waals surface area contributed by atoms with E-state index in [0.29, 0.717) is 50.9 Å². The summed E-state index contributed by atoms with van der Waals surface area (Å²) in [4.78, 5) is 4.90. The number of hydrogen-bond donors (Lipinski definition) is 0. The number of aryl methyl sites for hydroxylation is 3. The van der Waals surface area contributed by atoms with Crippen LogP contribution in [0.15, 0.2) is 103 Å². The Labute approximate surface area is 336 Å². The Balaban J connectivity index is 0.00000484. The molecule has 5 aromatic carbocycles. The number of aromatic nitrogens is 6. The number of hydrogen-bond acceptors (Lipinski definition) is 4. The smallest absolute Gasteiger partial charge is 0.509 e. The van der Waals surface area contributed by atoms with Crippen molar-refractivity contribution < 1.29 is 32.7 Å². The van der Waals surface area contributed by atoms with Crippen molar-refractivity contribution in [2.45, 2.75) is 60.2 Å². The Morgan fingerprint density at radius 3 is 2.13 bits per heavy atom. The molecular formula is C46H40N6OPt. The van der Waals surface area contributed by atoms with Gasteiger partial charge in [0, 0.05) is 46.9 Å². The van der Waals surface area contributed by atoms with Crippen molar-refractivity contribution in [3.05, 3.63) is 143 Å². The summed E-state index contributed by atoms with van der Waals surface area (Å²) in [5.41, 5.74) is 7.68. The zero-order valence-electron chi connectivity index (χ0n) is 35.7. The van der Waals surface area contributed by atoms with E-state index in [0.717, 1.165) is 49.5 Å². The van der Waals surface area contributed by atoms with E-state index in [-0.39, 0.29) is 21.1 Å². The molecule has 54 heavy (non-hydrogen) atoms. The van der Waals surface area contributed by atoms with E-state index in [1.807, 2.05) is 116 Å². The van der Waals surface area contributed by atoms with Gasteiger partial charge in [0.25, 0.3) is 0 Å². The van der Waals surface area contributed by atoms with E-state index in [1.165, 1.54) is 0 Å². The fourth-order valence-electron chi connectivity index (χ4n) is 7.36. The Hall–Kier alpha value is -5.52. The fourth-order valence-corrected chi connectivity index (χ4v) is 7.36. The van der Waals surface area contributed by atoms with Gasteiger partial charge in [0.15, 0.2) is 0 Å². The van der Waals surface area contributed by atoms with Crippen LogP contribution in [-0.4, -0.2) is 29.1 Å². The van der Waals surface area contributed by atoms with Gasteiger partial charge in [-0.15, -0.1) is 46.4 Å². The van der Waals surface area contributed by atoms with Gasteiger partial charge in [-0.2, -0.15) is 6.07 Å². The minimum Gasteiger partial charge on any atom is -0.509 e. The Morgan fingerprint density at radius 2 is 1.46 bits per heavy atom. The van der Waals surface area contributed by atoms with Crippen molar-refractivity contribution in [3.63, 3.8) is 0 Å². The molecule has 4 aromatic heterocycles. The second kappa shape index (κ2) is 14.0. The van der Waals surface area contributed by atoms with Crippen molar-refractivity contribution in [3.8, 4) is 28.7 Å². The van der Waals surface area contributed by atoms with E-state index < -0.39 is 18.6 Å². The molecule has 0 aliphatic carbocycles. The minimum absolute atomic E-state index is 0. The molecule has 0 N–H and O–H groups in total. The van der Waals surface area contributed by atoms with Gasteiger partial charge < -0.3 is 13.9 Å². The maximum Gasteiger partial charge on any atom is 2.00 e. The summed E-state index contributed by atoms with van der Waals surface area (Å²) in [5.74, 6) is 0.502. The molecule has 9 rings (SSSR count).